The van der Waals surface area contributed by atoms with Crippen molar-refractivity contribution >= 4 is 58.9 Å². The first-order valence-electron chi connectivity index (χ1n) is 5.69. The Hall–Kier alpha value is -0.410. The van der Waals surface area contributed by atoms with Crippen LogP contribution in [0.2, 0.25) is 0 Å². The number of anilines is 1. The van der Waals surface area contributed by atoms with E-state index in [-0.39, 0.29) is 4.21 Å². The lowest BCUT2D eigenvalue weighted by Gasteiger charge is -2.10. The fraction of sp³-hybridized carbons (Fsp3) is 0.167. The Labute approximate surface area is 138 Å². The molecule has 0 unspecified atom stereocenters. The van der Waals surface area contributed by atoms with E-state index >= 15 is 0 Å². The van der Waals surface area contributed by atoms with Crippen LogP contribution in [-0.4, -0.2) is 15.0 Å². The van der Waals surface area contributed by atoms with Crippen molar-refractivity contribution in [2.24, 2.45) is 5.73 Å². The van der Waals surface area contributed by atoms with Crippen LogP contribution in [0.3, 0.4) is 0 Å². The molecule has 0 saturated carbocycles. The molecule has 0 spiro atoms. The molecule has 3 N–H and O–H groups in total. The minimum absolute atomic E-state index is 0.281. The summed E-state index contributed by atoms with van der Waals surface area (Å²) in [5.74, 6) is 0. The van der Waals surface area contributed by atoms with Gasteiger partial charge in [0.05, 0.1) is 5.69 Å². The first-order chi connectivity index (χ1) is 9.44. The zero-order valence-corrected chi connectivity index (χ0v) is 15.1. The van der Waals surface area contributed by atoms with Crippen LogP contribution in [0.1, 0.15) is 4.88 Å². The van der Waals surface area contributed by atoms with Gasteiger partial charge in [-0.25, -0.2) is 8.42 Å². The van der Waals surface area contributed by atoms with Crippen molar-refractivity contribution in [1.82, 2.24) is 0 Å². The summed E-state index contributed by atoms with van der Waals surface area (Å²) in [6, 6.07) is 8.76. The van der Waals surface area contributed by atoms with Gasteiger partial charge in [0.2, 0.25) is 0 Å². The largest absolute Gasteiger partial charge is 0.330 e. The van der Waals surface area contributed by atoms with E-state index < -0.39 is 10.0 Å². The lowest BCUT2D eigenvalue weighted by Crippen LogP contribution is -2.12. The molecule has 108 valence electrons. The molecule has 0 amide bonds. The molecule has 0 bridgehead atoms. The molecule has 20 heavy (non-hydrogen) atoms. The highest BCUT2D eigenvalue weighted by molar-refractivity contribution is 9.11. The van der Waals surface area contributed by atoms with E-state index in [0.717, 1.165) is 4.88 Å². The summed E-state index contributed by atoms with van der Waals surface area (Å²) in [5, 5.41) is 0. The minimum atomic E-state index is -3.59. The van der Waals surface area contributed by atoms with E-state index in [1.54, 1.807) is 24.3 Å². The van der Waals surface area contributed by atoms with Crippen LogP contribution in [0.4, 0.5) is 5.69 Å². The number of sulfonamides is 1. The van der Waals surface area contributed by atoms with Crippen LogP contribution in [0.5, 0.6) is 0 Å². The van der Waals surface area contributed by atoms with Gasteiger partial charge in [-0.15, -0.1) is 11.3 Å². The van der Waals surface area contributed by atoms with Crippen molar-refractivity contribution in [2.75, 3.05) is 11.3 Å². The number of nitrogens with one attached hydrogen (secondary N) is 1. The predicted molar refractivity (Wildman–Crippen MR) is 89.7 cm³/mol. The zero-order valence-electron chi connectivity index (χ0n) is 10.3. The van der Waals surface area contributed by atoms with Gasteiger partial charge in [-0.05, 0) is 69.1 Å². The first-order valence-corrected chi connectivity index (χ1v) is 9.58. The van der Waals surface area contributed by atoms with E-state index in [1.165, 1.54) is 11.3 Å². The monoisotopic (exact) mass is 438 g/mol. The van der Waals surface area contributed by atoms with Crippen molar-refractivity contribution in [3.05, 3.63) is 44.2 Å². The molecule has 0 aliphatic carbocycles. The van der Waals surface area contributed by atoms with E-state index in [1.807, 2.05) is 6.07 Å². The number of hydrogen-bond acceptors (Lipinski definition) is 4. The molecule has 0 saturated heterocycles. The fourth-order valence-corrected chi connectivity index (χ4v) is 5.49. The summed E-state index contributed by atoms with van der Waals surface area (Å²) in [6.07, 6.45) is 0.679. The van der Waals surface area contributed by atoms with Crippen LogP contribution in [-0.2, 0) is 16.4 Å². The first kappa shape index (κ1) is 16.0. The average Bonchev–Trinajstić information content (AvgIpc) is 2.84. The van der Waals surface area contributed by atoms with Gasteiger partial charge in [-0.3, -0.25) is 4.72 Å². The number of nitrogens with two attached hydrogens (primary N) is 1. The molecule has 0 fully saturated rings. The fourth-order valence-electron chi connectivity index (χ4n) is 1.56. The van der Waals surface area contributed by atoms with Gasteiger partial charge >= 0.3 is 0 Å². The summed E-state index contributed by atoms with van der Waals surface area (Å²) in [7, 11) is -3.59. The molecule has 0 atom stereocenters. The molecule has 1 heterocycles. The molecule has 0 aliphatic rings. The summed E-state index contributed by atoms with van der Waals surface area (Å²) in [6.45, 7) is 0.503. The number of rotatable bonds is 5. The van der Waals surface area contributed by atoms with Crippen LogP contribution in [0.15, 0.2) is 43.5 Å². The number of para-hydroxylation sites is 1. The topological polar surface area (TPSA) is 72.2 Å². The highest BCUT2D eigenvalue weighted by atomic mass is 79.9. The van der Waals surface area contributed by atoms with Crippen molar-refractivity contribution < 1.29 is 8.42 Å². The lowest BCUT2D eigenvalue weighted by molar-refractivity contribution is 0.603. The normalized spacial score (nSPS) is 11.6. The molecule has 8 heteroatoms. The van der Waals surface area contributed by atoms with Crippen LogP contribution < -0.4 is 10.5 Å². The summed E-state index contributed by atoms with van der Waals surface area (Å²) in [5.41, 5.74) is 5.96. The highest BCUT2D eigenvalue weighted by Crippen LogP contribution is 2.33. The number of thiophene rings is 1. The summed E-state index contributed by atoms with van der Waals surface area (Å²) in [4.78, 5) is 0.957. The SMILES string of the molecule is NCCc1ccc(S(=O)(=O)Nc2c(Br)cccc2Br)s1. The Morgan fingerprint density at radius 3 is 2.40 bits per heavy atom. The Kier molecular flexibility index (Phi) is 5.25. The Bertz CT molecular complexity index is 694. The van der Waals surface area contributed by atoms with Crippen LogP contribution >= 0.6 is 43.2 Å². The van der Waals surface area contributed by atoms with Crippen LogP contribution in [0.25, 0.3) is 0 Å². The second-order valence-electron chi connectivity index (χ2n) is 3.96. The quantitative estimate of drug-likeness (QED) is 0.747. The van der Waals surface area contributed by atoms with Gasteiger partial charge in [0, 0.05) is 13.8 Å². The third-order valence-corrected chi connectivity index (χ3v) is 6.80. The lowest BCUT2D eigenvalue weighted by atomic mass is 10.3. The zero-order chi connectivity index (χ0) is 14.8. The number of halogens is 2. The van der Waals surface area contributed by atoms with E-state index in [9.17, 15) is 8.42 Å². The third-order valence-electron chi connectivity index (χ3n) is 2.49. The van der Waals surface area contributed by atoms with E-state index in [2.05, 4.69) is 36.6 Å². The van der Waals surface area contributed by atoms with E-state index in [4.69, 9.17) is 5.73 Å². The maximum atomic E-state index is 12.4. The molecular weight excluding hydrogens is 428 g/mol. The second-order valence-corrected chi connectivity index (χ2v) is 8.75. The third kappa shape index (κ3) is 3.62. The molecule has 0 radical (unpaired) electrons. The average molecular weight is 440 g/mol. The molecule has 4 nitrogen and oxygen atoms in total. The van der Waals surface area contributed by atoms with Crippen molar-refractivity contribution in [2.45, 2.75) is 10.6 Å². The van der Waals surface area contributed by atoms with Crippen molar-refractivity contribution in [3.63, 3.8) is 0 Å². The second kappa shape index (κ2) is 6.57. The Morgan fingerprint density at radius 1 is 1.15 bits per heavy atom. The molecular formula is C12H12Br2N2O2S2. The standard InChI is InChI=1S/C12H12Br2N2O2S2/c13-9-2-1-3-10(14)12(9)16-20(17,18)11-5-4-8(19-11)6-7-15/h1-5,16H,6-7,15H2. The summed E-state index contributed by atoms with van der Waals surface area (Å²) >= 11 is 7.90. The predicted octanol–water partition coefficient (Wildman–Crippen LogP) is 3.58. The minimum Gasteiger partial charge on any atom is -0.330 e. The van der Waals surface area contributed by atoms with Crippen molar-refractivity contribution in [1.29, 1.82) is 0 Å². The van der Waals surface area contributed by atoms with Gasteiger partial charge in [-0.2, -0.15) is 0 Å². The van der Waals surface area contributed by atoms with Gasteiger partial charge in [-0.1, -0.05) is 6.07 Å². The van der Waals surface area contributed by atoms with Gasteiger partial charge < -0.3 is 5.73 Å². The molecule has 2 rings (SSSR count). The summed E-state index contributed by atoms with van der Waals surface area (Å²) < 4.78 is 28.9. The Morgan fingerprint density at radius 2 is 1.80 bits per heavy atom. The van der Waals surface area contributed by atoms with Crippen molar-refractivity contribution in [3.8, 4) is 0 Å². The maximum absolute atomic E-state index is 12.4. The molecule has 1 aromatic heterocycles. The number of hydrogen-bond donors (Lipinski definition) is 2. The highest BCUT2D eigenvalue weighted by Gasteiger charge is 2.19. The van der Waals surface area contributed by atoms with Gasteiger partial charge in [0.1, 0.15) is 4.21 Å². The van der Waals surface area contributed by atoms with Gasteiger partial charge in [0.15, 0.2) is 0 Å². The number of benzene rings is 1. The smallest absolute Gasteiger partial charge is 0.271 e. The van der Waals surface area contributed by atoms with E-state index in [0.29, 0.717) is 27.6 Å². The maximum Gasteiger partial charge on any atom is 0.271 e. The Balaban J connectivity index is 2.31. The van der Waals surface area contributed by atoms with Gasteiger partial charge in [0.25, 0.3) is 10.0 Å². The molecule has 0 aliphatic heterocycles. The molecule has 2 aromatic rings. The molecule has 1 aromatic carbocycles. The van der Waals surface area contributed by atoms with Crippen LogP contribution in [0, 0.1) is 0 Å².